The fraction of sp³-hybridized carbons (Fsp3) is 0. The Morgan fingerprint density at radius 2 is 1.17 bits per heavy atom. The van der Waals surface area contributed by atoms with Gasteiger partial charge in [-0.25, -0.2) is 0 Å². The zero-order valence-electron chi connectivity index (χ0n) is 3.84. The summed E-state index contributed by atoms with van der Waals surface area (Å²) in [6, 6.07) is 0. The Hall–Kier alpha value is 3.56. The van der Waals surface area contributed by atoms with Gasteiger partial charge in [-0.3, -0.25) is 0 Å². The molecule has 0 unspecified atom stereocenters. The molecule has 0 spiro atoms. The second-order valence-electron chi connectivity index (χ2n) is 0.307. The minimum Gasteiger partial charge on any atom is -0.871 e. The molecule has 0 saturated heterocycles. The van der Waals surface area contributed by atoms with Crippen LogP contribution in [0.25, 0.3) is 0 Å². The van der Waals surface area contributed by atoms with E-state index in [9.17, 15) is 0 Å². The van der Waals surface area contributed by atoms with Crippen LogP contribution in [0.5, 0.6) is 0 Å². The Kier molecular flexibility index (Phi) is 30.8. The molecule has 0 aliphatic carbocycles. The molecule has 0 bridgehead atoms. The van der Waals surface area contributed by atoms with Crippen molar-refractivity contribution in [3.8, 4) is 0 Å². The van der Waals surface area contributed by atoms with E-state index in [1.54, 1.807) is 0 Å². The van der Waals surface area contributed by atoms with E-state index in [-0.39, 0.29) is 116 Å². The van der Waals surface area contributed by atoms with E-state index in [2.05, 4.69) is 0 Å². The molecule has 24 valence electrons. The molecule has 0 aromatic rings. The second-order valence-corrected chi connectivity index (χ2v) is 0.307. The molecule has 0 aliphatic rings. The van der Waals surface area contributed by atoms with Gasteiger partial charge in [0, 0.05) is 0 Å². The van der Waals surface area contributed by atoms with Crippen molar-refractivity contribution >= 4 is 7.32 Å². The fourth-order valence-electron chi connectivity index (χ4n) is 0. The molecular formula is HBO3Rb2. The molecule has 6 heavy (non-hydrogen) atoms. The molecule has 3 nitrogen and oxygen atoms in total. The molecule has 1 N–H and O–H groups in total. The summed E-state index contributed by atoms with van der Waals surface area (Å²) in [5.74, 6) is 0. The molecule has 0 saturated carbocycles. The van der Waals surface area contributed by atoms with Gasteiger partial charge in [0.25, 0.3) is 0 Å². The predicted octanol–water partition coefficient (Wildman–Crippen LogP) is -9.31. The van der Waals surface area contributed by atoms with Gasteiger partial charge in [0.05, 0.1) is 7.32 Å². The summed E-state index contributed by atoms with van der Waals surface area (Å²) >= 11 is 0. The van der Waals surface area contributed by atoms with E-state index in [0.29, 0.717) is 0 Å². The maximum absolute atomic E-state index is 8.53. The van der Waals surface area contributed by atoms with Crippen molar-refractivity contribution in [1.29, 1.82) is 0 Å². The van der Waals surface area contributed by atoms with Gasteiger partial charge in [0.15, 0.2) is 0 Å². The number of hydrogen-bond acceptors (Lipinski definition) is 3. The van der Waals surface area contributed by atoms with Gasteiger partial charge >= 0.3 is 116 Å². The van der Waals surface area contributed by atoms with Crippen LogP contribution in [0.2, 0.25) is 0 Å². The van der Waals surface area contributed by atoms with E-state index in [4.69, 9.17) is 15.1 Å². The zero-order chi connectivity index (χ0) is 3.58. The molecule has 0 fully saturated rings. The third-order valence-corrected chi connectivity index (χ3v) is 0. The van der Waals surface area contributed by atoms with E-state index in [1.165, 1.54) is 0 Å². The molecule has 0 aromatic heterocycles. The normalized spacial score (nSPS) is 4.50. The first kappa shape index (κ1) is 16.3. The van der Waals surface area contributed by atoms with E-state index in [1.807, 2.05) is 0 Å². The van der Waals surface area contributed by atoms with Crippen molar-refractivity contribution in [1.82, 2.24) is 0 Å². The van der Waals surface area contributed by atoms with Crippen molar-refractivity contribution < 1.29 is 131 Å². The third kappa shape index (κ3) is 25.7. The van der Waals surface area contributed by atoms with Crippen molar-refractivity contribution in [2.75, 3.05) is 0 Å². The first-order valence-corrected chi connectivity index (χ1v) is 0.730. The van der Waals surface area contributed by atoms with Crippen LogP contribution in [0.3, 0.4) is 0 Å². The predicted molar refractivity (Wildman–Crippen MR) is 7.97 cm³/mol. The molecule has 0 aromatic carbocycles. The van der Waals surface area contributed by atoms with Gasteiger partial charge in [0.2, 0.25) is 0 Å². The Morgan fingerprint density at radius 3 is 1.17 bits per heavy atom. The summed E-state index contributed by atoms with van der Waals surface area (Å²) in [4.78, 5) is 0. The summed E-state index contributed by atoms with van der Waals surface area (Å²) in [5, 5.41) is 24.0. The quantitative estimate of drug-likeness (QED) is 0.421. The summed E-state index contributed by atoms with van der Waals surface area (Å²) in [6.45, 7) is 0. The van der Waals surface area contributed by atoms with Gasteiger partial charge in [-0.05, 0) is 0 Å². The Balaban J connectivity index is -0.0000000450. The van der Waals surface area contributed by atoms with Crippen molar-refractivity contribution in [3.05, 3.63) is 0 Å². The maximum Gasteiger partial charge on any atom is 1.00 e. The SMILES string of the molecule is [O-]B([O-])O.[Rb+].[Rb+]. The van der Waals surface area contributed by atoms with E-state index < -0.39 is 7.32 Å². The van der Waals surface area contributed by atoms with Crippen LogP contribution in [0.15, 0.2) is 0 Å². The minimum absolute atomic E-state index is 0. The van der Waals surface area contributed by atoms with Crippen LogP contribution < -0.4 is 126 Å². The average Bonchev–Trinajstić information content (AvgIpc) is 0.811. The Labute approximate surface area is 134 Å². The maximum atomic E-state index is 8.53. The monoisotopic (exact) mass is 230 g/mol. The number of hydrogen-bond donors (Lipinski definition) is 1. The van der Waals surface area contributed by atoms with Crippen LogP contribution in [0.4, 0.5) is 0 Å². The van der Waals surface area contributed by atoms with Crippen molar-refractivity contribution in [2.45, 2.75) is 0 Å². The molecule has 0 amide bonds. The van der Waals surface area contributed by atoms with Crippen LogP contribution in [0, 0.1) is 0 Å². The average molecular weight is 231 g/mol. The Bertz CT molecular complexity index is 13.5. The van der Waals surface area contributed by atoms with Gasteiger partial charge in [-0.2, -0.15) is 0 Å². The van der Waals surface area contributed by atoms with Crippen molar-refractivity contribution in [3.63, 3.8) is 0 Å². The summed E-state index contributed by atoms with van der Waals surface area (Å²) in [5.41, 5.74) is 0. The van der Waals surface area contributed by atoms with Crippen LogP contribution in [0.1, 0.15) is 0 Å². The topological polar surface area (TPSA) is 66.3 Å². The molecule has 0 radical (unpaired) electrons. The van der Waals surface area contributed by atoms with Gasteiger partial charge in [-0.1, -0.05) is 0 Å². The van der Waals surface area contributed by atoms with Crippen LogP contribution in [-0.2, 0) is 0 Å². The first-order chi connectivity index (χ1) is 1.73. The summed E-state index contributed by atoms with van der Waals surface area (Å²) in [6.07, 6.45) is 0. The second kappa shape index (κ2) is 11.4. The molecular weight excluding hydrogens is 230 g/mol. The smallest absolute Gasteiger partial charge is 0.871 e. The van der Waals surface area contributed by atoms with Crippen molar-refractivity contribution in [2.24, 2.45) is 0 Å². The molecule has 0 atom stereocenters. The first-order valence-electron chi connectivity index (χ1n) is 0.730. The molecule has 0 heterocycles. The largest absolute Gasteiger partial charge is 1.00 e. The van der Waals surface area contributed by atoms with Crippen LogP contribution in [-0.4, -0.2) is 12.3 Å². The molecule has 6 heteroatoms. The molecule has 0 aliphatic heterocycles. The minimum atomic E-state index is -2.67. The summed E-state index contributed by atoms with van der Waals surface area (Å²) in [7, 11) is -2.67. The summed E-state index contributed by atoms with van der Waals surface area (Å²) < 4.78 is 0. The fourth-order valence-corrected chi connectivity index (χ4v) is 0. The third-order valence-electron chi connectivity index (χ3n) is 0. The number of rotatable bonds is 0. The van der Waals surface area contributed by atoms with Gasteiger partial charge in [0.1, 0.15) is 0 Å². The van der Waals surface area contributed by atoms with Gasteiger partial charge < -0.3 is 15.1 Å². The Morgan fingerprint density at radius 1 is 1.17 bits per heavy atom. The van der Waals surface area contributed by atoms with Gasteiger partial charge in [-0.15, -0.1) is 0 Å². The zero-order valence-corrected chi connectivity index (χ0v) is 13.7. The standard InChI is InChI=1S/BHO3.2Rb/c2-1(3)4;;/h2H;;/q-2;2*+1. The van der Waals surface area contributed by atoms with Crippen LogP contribution >= 0.6 is 0 Å². The van der Waals surface area contributed by atoms with E-state index >= 15 is 0 Å². The van der Waals surface area contributed by atoms with E-state index in [0.717, 1.165) is 0 Å². The molecule has 0 rings (SSSR count).